The van der Waals surface area contributed by atoms with Crippen LogP contribution in [-0.2, 0) is 20.5 Å². The average molecular weight is 440 g/mol. The van der Waals surface area contributed by atoms with Gasteiger partial charge in [0.25, 0.3) is 0 Å². The summed E-state index contributed by atoms with van der Waals surface area (Å²) < 4.78 is 19.0. The second-order valence-electron chi connectivity index (χ2n) is 11.0. The Morgan fingerprint density at radius 2 is 1.25 bits per heavy atom. The van der Waals surface area contributed by atoms with Gasteiger partial charge >= 0.3 is 7.12 Å². The third-order valence-corrected chi connectivity index (χ3v) is 6.60. The van der Waals surface area contributed by atoms with Crippen LogP contribution in [-0.4, -0.2) is 28.5 Å². The third kappa shape index (κ3) is 4.74. The summed E-state index contributed by atoms with van der Waals surface area (Å²) in [7, 11) is -0.631. The molecule has 32 heavy (non-hydrogen) atoms. The van der Waals surface area contributed by atoms with Crippen LogP contribution in [0.2, 0.25) is 0 Å². The van der Waals surface area contributed by atoms with E-state index in [1.165, 1.54) is 0 Å². The van der Waals surface area contributed by atoms with Gasteiger partial charge in [0, 0.05) is 5.46 Å². The van der Waals surface area contributed by atoms with E-state index < -0.39 is 29.5 Å². The van der Waals surface area contributed by atoms with Gasteiger partial charge in [-0.1, -0.05) is 12.1 Å². The molecule has 1 saturated heterocycles. The molecule has 1 aliphatic heterocycles. The first-order valence-corrected chi connectivity index (χ1v) is 11.2. The summed E-state index contributed by atoms with van der Waals surface area (Å²) in [5.74, 6) is 1.34. The maximum atomic E-state index is 10.6. The number of aryl methyl sites for hydroxylation is 2. The second-order valence-corrected chi connectivity index (χ2v) is 11.0. The first kappa shape index (κ1) is 24.8. The predicted molar refractivity (Wildman–Crippen MR) is 129 cm³/mol. The first-order valence-electron chi connectivity index (χ1n) is 11.2. The number of hydrogen-bond acceptors (Lipinski definition) is 5. The van der Waals surface area contributed by atoms with Gasteiger partial charge in [0.2, 0.25) is 0 Å². The van der Waals surface area contributed by atoms with Gasteiger partial charge in [-0.2, -0.15) is 0 Å². The van der Waals surface area contributed by atoms with Crippen LogP contribution < -0.4 is 10.2 Å². The van der Waals surface area contributed by atoms with E-state index in [4.69, 9.17) is 14.0 Å². The molecule has 0 radical (unpaired) electrons. The monoisotopic (exact) mass is 440 g/mol. The maximum Gasteiger partial charge on any atom is 0.498 e. The Morgan fingerprint density at radius 3 is 1.69 bits per heavy atom. The van der Waals surface area contributed by atoms with Crippen molar-refractivity contribution in [3.63, 3.8) is 0 Å². The Labute approximate surface area is 192 Å². The zero-order valence-corrected chi connectivity index (χ0v) is 21.1. The number of ether oxygens (including phenoxy) is 1. The molecule has 174 valence electrons. The van der Waals surface area contributed by atoms with Crippen LogP contribution in [0.3, 0.4) is 0 Å². The summed E-state index contributed by atoms with van der Waals surface area (Å²) in [5.41, 5.74) is 1.21. The quantitative estimate of drug-likeness (QED) is 0.651. The third-order valence-electron chi connectivity index (χ3n) is 6.60. The highest BCUT2D eigenvalue weighted by Crippen LogP contribution is 2.39. The van der Waals surface area contributed by atoms with Crippen molar-refractivity contribution < 1.29 is 24.3 Å². The van der Waals surface area contributed by atoms with E-state index >= 15 is 0 Å². The number of aliphatic hydroxyl groups is 2. The van der Waals surface area contributed by atoms with Crippen LogP contribution in [0, 0.1) is 13.8 Å². The highest BCUT2D eigenvalue weighted by atomic mass is 16.7. The van der Waals surface area contributed by atoms with Gasteiger partial charge in [-0.3, -0.25) is 0 Å². The molecule has 1 fully saturated rings. The lowest BCUT2D eigenvalue weighted by Gasteiger charge is -2.32. The van der Waals surface area contributed by atoms with Gasteiger partial charge < -0.3 is 24.3 Å². The smallest absolute Gasteiger partial charge is 0.457 e. The van der Waals surface area contributed by atoms with Gasteiger partial charge in [0.15, 0.2) is 0 Å². The fraction of sp³-hybridized carbons (Fsp3) is 0.538. The molecule has 2 aromatic carbocycles. The highest BCUT2D eigenvalue weighted by Gasteiger charge is 2.52. The molecule has 0 aromatic heterocycles. The largest absolute Gasteiger partial charge is 0.498 e. The lowest BCUT2D eigenvalue weighted by molar-refractivity contribution is 0.00578. The van der Waals surface area contributed by atoms with Crippen LogP contribution in [0.1, 0.15) is 77.6 Å². The van der Waals surface area contributed by atoms with Crippen LogP contribution in [0.4, 0.5) is 0 Å². The molecule has 1 aliphatic rings. The SMILES string of the molecule is Cc1cc(C(C)(C)O)cc(C)c1Oc1ccc(C(C)(C)O)cc1B1OC(C)(C)C(C)(C)O1. The molecule has 0 saturated carbocycles. The molecule has 2 aromatic rings. The normalized spacial score (nSPS) is 18.2. The van der Waals surface area contributed by atoms with Crippen molar-refractivity contribution in [1.29, 1.82) is 0 Å². The Morgan fingerprint density at radius 1 is 0.781 bits per heavy atom. The molecule has 0 atom stereocenters. The molecule has 0 amide bonds. The lowest BCUT2D eigenvalue weighted by Crippen LogP contribution is -2.41. The number of benzene rings is 2. The zero-order chi connectivity index (χ0) is 24.3. The fourth-order valence-corrected chi connectivity index (χ4v) is 3.75. The standard InChI is InChI=1S/C26H37BO5/c1-16-13-19(24(5,6)29)14-17(2)22(16)30-21-12-11-18(23(3,4)28)15-20(21)27-31-25(7,8)26(9,10)32-27/h11-15,28-29H,1-10H3. The molecule has 0 unspecified atom stereocenters. The Bertz CT molecular complexity index is 973. The second kappa shape index (κ2) is 7.87. The zero-order valence-electron chi connectivity index (χ0n) is 21.1. The van der Waals surface area contributed by atoms with Crippen molar-refractivity contribution in [2.75, 3.05) is 0 Å². The summed E-state index contributed by atoms with van der Waals surface area (Å²) >= 11 is 0. The minimum Gasteiger partial charge on any atom is -0.457 e. The first-order chi connectivity index (χ1) is 14.4. The topological polar surface area (TPSA) is 68.2 Å². The molecule has 6 heteroatoms. The Balaban J connectivity index is 2.08. The summed E-state index contributed by atoms with van der Waals surface area (Å²) in [6.07, 6.45) is 0. The number of rotatable bonds is 5. The van der Waals surface area contributed by atoms with Gasteiger partial charge in [-0.05, 0) is 110 Å². The lowest BCUT2D eigenvalue weighted by atomic mass is 9.76. The summed E-state index contributed by atoms with van der Waals surface area (Å²) in [5, 5.41) is 21.0. The molecule has 0 aliphatic carbocycles. The average Bonchev–Trinajstić information content (AvgIpc) is 2.83. The van der Waals surface area contributed by atoms with E-state index in [0.717, 1.165) is 33.5 Å². The van der Waals surface area contributed by atoms with Crippen molar-refractivity contribution in [1.82, 2.24) is 0 Å². The molecule has 5 nitrogen and oxygen atoms in total. The van der Waals surface area contributed by atoms with E-state index in [2.05, 4.69) is 0 Å². The molecule has 0 bridgehead atoms. The van der Waals surface area contributed by atoms with Crippen LogP contribution in [0.5, 0.6) is 11.5 Å². The van der Waals surface area contributed by atoms with Gasteiger partial charge in [0.05, 0.1) is 22.4 Å². The van der Waals surface area contributed by atoms with Gasteiger partial charge in [-0.25, -0.2) is 0 Å². The van der Waals surface area contributed by atoms with Crippen molar-refractivity contribution in [2.45, 2.75) is 91.6 Å². The van der Waals surface area contributed by atoms with Crippen molar-refractivity contribution in [3.8, 4) is 11.5 Å². The van der Waals surface area contributed by atoms with Crippen molar-refractivity contribution >= 4 is 12.6 Å². The van der Waals surface area contributed by atoms with Crippen LogP contribution in [0.25, 0.3) is 0 Å². The summed E-state index contributed by atoms with van der Waals surface area (Å²) in [4.78, 5) is 0. The number of hydrogen-bond donors (Lipinski definition) is 2. The predicted octanol–water partition coefficient (Wildman–Crippen LogP) is 4.85. The van der Waals surface area contributed by atoms with Crippen LogP contribution >= 0.6 is 0 Å². The van der Waals surface area contributed by atoms with E-state index in [1.54, 1.807) is 27.7 Å². The maximum absolute atomic E-state index is 10.6. The molecule has 2 N–H and O–H groups in total. The molecular formula is C26H37BO5. The molecular weight excluding hydrogens is 403 g/mol. The minimum absolute atomic E-state index is 0.500. The van der Waals surface area contributed by atoms with Crippen LogP contribution in [0.15, 0.2) is 30.3 Å². The molecule has 3 rings (SSSR count). The van der Waals surface area contributed by atoms with E-state index in [1.807, 2.05) is 71.9 Å². The van der Waals surface area contributed by atoms with Gasteiger partial charge in [-0.15, -0.1) is 0 Å². The molecule has 0 spiro atoms. The fourth-order valence-electron chi connectivity index (χ4n) is 3.75. The van der Waals surface area contributed by atoms with E-state index in [9.17, 15) is 10.2 Å². The Kier molecular flexibility index (Phi) is 6.10. The minimum atomic E-state index is -1.02. The van der Waals surface area contributed by atoms with E-state index in [0.29, 0.717) is 5.75 Å². The summed E-state index contributed by atoms with van der Waals surface area (Å²) in [6.45, 7) is 19.0. The Hall–Kier alpha value is -1.86. The van der Waals surface area contributed by atoms with E-state index in [-0.39, 0.29) is 0 Å². The van der Waals surface area contributed by atoms with Gasteiger partial charge in [0.1, 0.15) is 11.5 Å². The van der Waals surface area contributed by atoms with Crippen molar-refractivity contribution in [2.24, 2.45) is 0 Å². The molecule has 1 heterocycles. The summed E-state index contributed by atoms with van der Waals surface area (Å²) in [6, 6.07) is 9.51. The highest BCUT2D eigenvalue weighted by molar-refractivity contribution is 6.63. The van der Waals surface area contributed by atoms with Crippen molar-refractivity contribution in [3.05, 3.63) is 52.6 Å².